The monoisotopic (exact) mass is 552 g/mol. The lowest BCUT2D eigenvalue weighted by Crippen LogP contribution is -2.35. The Labute approximate surface area is 228 Å². The van der Waals surface area contributed by atoms with Gasteiger partial charge in [0, 0.05) is 30.9 Å². The number of benzene rings is 3. The number of morpholine rings is 1. The number of carbonyl (C=O) groups is 1. The molecule has 1 saturated heterocycles. The summed E-state index contributed by atoms with van der Waals surface area (Å²) in [6.45, 7) is 5.88. The molecule has 0 aliphatic carbocycles. The van der Waals surface area contributed by atoms with Gasteiger partial charge in [0.25, 0.3) is 5.91 Å². The van der Waals surface area contributed by atoms with E-state index < -0.39 is 12.3 Å². The number of hydrogen-bond donors (Lipinski definition) is 2. The van der Waals surface area contributed by atoms with Crippen molar-refractivity contribution in [3.05, 3.63) is 89.5 Å². The molecule has 3 aromatic carbocycles. The zero-order valence-electron chi connectivity index (χ0n) is 21.6. The average molecular weight is 553 g/mol. The first-order chi connectivity index (χ1) is 19.2. The minimum absolute atomic E-state index is 0.0872. The van der Waals surface area contributed by atoms with E-state index in [-0.39, 0.29) is 17.6 Å². The van der Waals surface area contributed by atoms with Crippen LogP contribution in [-0.2, 0) is 11.3 Å². The van der Waals surface area contributed by atoms with Gasteiger partial charge < -0.3 is 14.8 Å². The van der Waals surface area contributed by atoms with E-state index in [9.17, 15) is 18.0 Å². The highest BCUT2D eigenvalue weighted by molar-refractivity contribution is 6.04. The highest BCUT2D eigenvalue weighted by Gasteiger charge is 2.31. The van der Waals surface area contributed by atoms with E-state index in [1.54, 1.807) is 12.1 Å². The maximum atomic E-state index is 13.0. The molecule has 40 heavy (non-hydrogen) atoms. The van der Waals surface area contributed by atoms with Crippen LogP contribution in [0, 0.1) is 6.92 Å². The number of aryl methyl sites for hydroxylation is 1. The van der Waals surface area contributed by atoms with Gasteiger partial charge in [0.15, 0.2) is 0 Å². The standard InChI is InChI=1S/C28H27F3N6O3/c1-19-4-2-3-5-24(19)25(38)33-27-34-26(35-37(27)22-10-12-23(13-11-22)40-28(29,30)31)32-21-8-6-20(7-9-21)18-36-14-16-39-17-15-36/h2-13H,14-18H2,1H3,(H2,32,33,34,35,38). The normalized spacial score (nSPS) is 14.1. The van der Waals surface area contributed by atoms with Crippen LogP contribution in [0.1, 0.15) is 21.5 Å². The topological polar surface area (TPSA) is 93.5 Å². The molecular weight excluding hydrogens is 525 g/mol. The Morgan fingerprint density at radius 1 is 1.00 bits per heavy atom. The molecule has 0 saturated carbocycles. The number of amides is 1. The number of nitrogens with zero attached hydrogens (tertiary/aromatic N) is 4. The Morgan fingerprint density at radius 3 is 2.38 bits per heavy atom. The Kier molecular flexibility index (Phi) is 7.99. The summed E-state index contributed by atoms with van der Waals surface area (Å²) in [6, 6.07) is 20.0. The Balaban J connectivity index is 1.37. The fourth-order valence-corrected chi connectivity index (χ4v) is 4.25. The van der Waals surface area contributed by atoms with Gasteiger partial charge in [0.05, 0.1) is 18.9 Å². The van der Waals surface area contributed by atoms with Crippen molar-refractivity contribution in [1.82, 2.24) is 19.7 Å². The molecule has 1 amide bonds. The maximum Gasteiger partial charge on any atom is 0.573 e. The molecule has 0 atom stereocenters. The van der Waals surface area contributed by atoms with Crippen LogP contribution in [0.15, 0.2) is 72.8 Å². The summed E-state index contributed by atoms with van der Waals surface area (Å²) in [5.74, 6) is -0.499. The minimum atomic E-state index is -4.81. The van der Waals surface area contributed by atoms with Gasteiger partial charge >= 0.3 is 6.36 Å². The lowest BCUT2D eigenvalue weighted by Gasteiger charge is -2.26. The lowest BCUT2D eigenvalue weighted by atomic mass is 10.1. The van der Waals surface area contributed by atoms with Gasteiger partial charge in [0.1, 0.15) is 5.75 Å². The molecule has 12 heteroatoms. The predicted octanol–water partition coefficient (Wildman–Crippen LogP) is 5.30. The first-order valence-corrected chi connectivity index (χ1v) is 12.6. The van der Waals surface area contributed by atoms with Gasteiger partial charge in [-0.1, -0.05) is 30.3 Å². The number of rotatable bonds is 8. The first kappa shape index (κ1) is 27.2. The molecule has 208 valence electrons. The van der Waals surface area contributed by atoms with Crippen LogP contribution in [0.25, 0.3) is 5.69 Å². The number of hydrogen-bond acceptors (Lipinski definition) is 7. The number of ether oxygens (including phenoxy) is 2. The molecule has 1 fully saturated rings. The SMILES string of the molecule is Cc1ccccc1C(=O)Nc1nc(Nc2ccc(CN3CCOCC3)cc2)nn1-c1ccc(OC(F)(F)F)cc1. The molecule has 1 aliphatic heterocycles. The number of alkyl halides is 3. The molecule has 0 radical (unpaired) electrons. The number of carbonyl (C=O) groups excluding carboxylic acids is 1. The molecule has 2 N–H and O–H groups in total. The van der Waals surface area contributed by atoms with Gasteiger partial charge in [-0.05, 0) is 60.5 Å². The predicted molar refractivity (Wildman–Crippen MR) is 143 cm³/mol. The summed E-state index contributed by atoms with van der Waals surface area (Å²) >= 11 is 0. The van der Waals surface area contributed by atoms with Gasteiger partial charge in [-0.2, -0.15) is 9.67 Å². The second-order valence-corrected chi connectivity index (χ2v) is 9.19. The quantitative estimate of drug-likeness (QED) is 0.306. The second-order valence-electron chi connectivity index (χ2n) is 9.19. The van der Waals surface area contributed by atoms with Crippen LogP contribution < -0.4 is 15.4 Å². The van der Waals surface area contributed by atoms with E-state index in [1.165, 1.54) is 16.8 Å². The van der Waals surface area contributed by atoms with Crippen LogP contribution >= 0.6 is 0 Å². The smallest absolute Gasteiger partial charge is 0.406 e. The van der Waals surface area contributed by atoms with Crippen LogP contribution in [-0.4, -0.2) is 58.2 Å². The second kappa shape index (κ2) is 11.8. The molecule has 4 aromatic rings. The van der Waals surface area contributed by atoms with Crippen molar-refractivity contribution in [2.75, 3.05) is 36.9 Å². The first-order valence-electron chi connectivity index (χ1n) is 12.6. The van der Waals surface area contributed by atoms with Crippen LogP contribution in [0.2, 0.25) is 0 Å². The van der Waals surface area contributed by atoms with Gasteiger partial charge in [0.2, 0.25) is 11.9 Å². The number of nitrogens with one attached hydrogen (secondary N) is 2. The van der Waals surface area contributed by atoms with E-state index in [0.717, 1.165) is 61.8 Å². The number of aromatic nitrogens is 3. The van der Waals surface area contributed by atoms with E-state index in [1.807, 2.05) is 43.3 Å². The van der Waals surface area contributed by atoms with Gasteiger partial charge in [-0.3, -0.25) is 15.0 Å². The largest absolute Gasteiger partial charge is 0.573 e. The molecule has 9 nitrogen and oxygen atoms in total. The summed E-state index contributed by atoms with van der Waals surface area (Å²) in [6.07, 6.45) is -4.81. The van der Waals surface area contributed by atoms with Crippen molar-refractivity contribution < 1.29 is 27.4 Å². The molecule has 1 aromatic heterocycles. The number of anilines is 3. The van der Waals surface area contributed by atoms with Crippen molar-refractivity contribution in [2.24, 2.45) is 0 Å². The van der Waals surface area contributed by atoms with E-state index in [0.29, 0.717) is 11.3 Å². The van der Waals surface area contributed by atoms with E-state index >= 15 is 0 Å². The summed E-state index contributed by atoms with van der Waals surface area (Å²) in [4.78, 5) is 19.8. The number of halogens is 3. The zero-order valence-corrected chi connectivity index (χ0v) is 21.6. The van der Waals surface area contributed by atoms with E-state index in [2.05, 4.69) is 30.4 Å². The summed E-state index contributed by atoms with van der Waals surface area (Å²) in [5.41, 5.74) is 3.48. The Bertz CT molecular complexity index is 1450. The third kappa shape index (κ3) is 6.96. The highest BCUT2D eigenvalue weighted by Crippen LogP contribution is 2.26. The molecule has 0 spiro atoms. The van der Waals surface area contributed by atoms with E-state index in [4.69, 9.17) is 4.74 Å². The molecule has 0 unspecified atom stereocenters. The molecular formula is C28H27F3N6O3. The fraction of sp³-hybridized carbons (Fsp3) is 0.250. The van der Waals surface area contributed by atoms with Gasteiger partial charge in [-0.15, -0.1) is 18.3 Å². The maximum absolute atomic E-state index is 13.0. The summed E-state index contributed by atoms with van der Waals surface area (Å²) in [7, 11) is 0. The average Bonchev–Trinajstić information content (AvgIpc) is 3.32. The van der Waals surface area contributed by atoms with Crippen molar-refractivity contribution in [3.8, 4) is 11.4 Å². The van der Waals surface area contributed by atoms with Crippen molar-refractivity contribution in [1.29, 1.82) is 0 Å². The molecule has 2 heterocycles. The Hall–Kier alpha value is -4.42. The van der Waals surface area contributed by atoms with Crippen LogP contribution in [0.4, 0.5) is 30.8 Å². The molecule has 5 rings (SSSR count). The van der Waals surface area contributed by atoms with Crippen molar-refractivity contribution in [2.45, 2.75) is 19.8 Å². The summed E-state index contributed by atoms with van der Waals surface area (Å²) in [5, 5.41) is 10.4. The van der Waals surface area contributed by atoms with Gasteiger partial charge in [-0.25, -0.2) is 0 Å². The highest BCUT2D eigenvalue weighted by atomic mass is 19.4. The molecule has 0 bridgehead atoms. The zero-order chi connectivity index (χ0) is 28.1. The van der Waals surface area contributed by atoms with Crippen molar-refractivity contribution >= 4 is 23.5 Å². The van der Waals surface area contributed by atoms with Crippen LogP contribution in [0.5, 0.6) is 5.75 Å². The fourth-order valence-electron chi connectivity index (χ4n) is 4.25. The Morgan fingerprint density at radius 2 is 1.70 bits per heavy atom. The molecule has 1 aliphatic rings. The third-order valence-corrected chi connectivity index (χ3v) is 6.26. The third-order valence-electron chi connectivity index (χ3n) is 6.26. The van der Waals surface area contributed by atoms with Crippen molar-refractivity contribution in [3.63, 3.8) is 0 Å². The lowest BCUT2D eigenvalue weighted by molar-refractivity contribution is -0.274. The minimum Gasteiger partial charge on any atom is -0.406 e. The van der Waals surface area contributed by atoms with Crippen LogP contribution in [0.3, 0.4) is 0 Å². The summed E-state index contributed by atoms with van der Waals surface area (Å²) < 4.78 is 48.5.